The van der Waals surface area contributed by atoms with Crippen LogP contribution in [0.25, 0.3) is 0 Å². The van der Waals surface area contributed by atoms with Crippen molar-refractivity contribution in [3.63, 3.8) is 0 Å². The van der Waals surface area contributed by atoms with E-state index in [-0.39, 0.29) is 18.8 Å². The van der Waals surface area contributed by atoms with Crippen LogP contribution in [0, 0.1) is 5.92 Å². The van der Waals surface area contributed by atoms with Gasteiger partial charge in [-0.05, 0) is 38.6 Å². The third-order valence-corrected chi connectivity index (χ3v) is 5.16. The fraction of sp³-hybridized carbons (Fsp3) is 0.917. The van der Waals surface area contributed by atoms with Crippen molar-refractivity contribution in [1.82, 2.24) is 4.31 Å². The Balaban J connectivity index is 2.49. The van der Waals surface area contributed by atoms with Gasteiger partial charge in [-0.15, -0.1) is 0 Å². The van der Waals surface area contributed by atoms with Gasteiger partial charge < -0.3 is 10.5 Å². The molecule has 0 aromatic heterocycles. The molecule has 0 amide bonds. The Kier molecular flexibility index (Phi) is 6.74. The van der Waals surface area contributed by atoms with Crippen molar-refractivity contribution in [3.8, 4) is 0 Å². The summed E-state index contributed by atoms with van der Waals surface area (Å²) in [6.45, 7) is 3.64. The van der Waals surface area contributed by atoms with E-state index in [2.05, 4.69) is 0 Å². The van der Waals surface area contributed by atoms with Gasteiger partial charge in [0.2, 0.25) is 10.0 Å². The quantitative estimate of drug-likeness (QED) is 0.683. The lowest BCUT2D eigenvalue weighted by molar-refractivity contribution is -0.142. The number of sulfonamides is 1. The van der Waals surface area contributed by atoms with Crippen LogP contribution in [0.3, 0.4) is 0 Å². The molecule has 0 aliphatic carbocycles. The first-order valence-corrected chi connectivity index (χ1v) is 8.44. The maximum absolute atomic E-state index is 12.1. The average molecular weight is 292 g/mol. The molecule has 1 atom stereocenters. The number of nitrogens with two attached hydrogens (primary N) is 1. The number of piperidine rings is 1. The van der Waals surface area contributed by atoms with E-state index in [4.69, 9.17) is 10.5 Å². The van der Waals surface area contributed by atoms with Crippen molar-refractivity contribution in [2.24, 2.45) is 11.7 Å². The van der Waals surface area contributed by atoms with Gasteiger partial charge in [0.05, 0.1) is 18.8 Å². The fourth-order valence-corrected chi connectivity index (χ4v) is 3.85. The highest BCUT2D eigenvalue weighted by Crippen LogP contribution is 2.21. The number of esters is 1. The molecule has 1 aliphatic heterocycles. The molecule has 1 saturated heterocycles. The summed E-state index contributed by atoms with van der Waals surface area (Å²) >= 11 is 0. The molecule has 0 saturated carbocycles. The summed E-state index contributed by atoms with van der Waals surface area (Å²) in [5, 5.41) is 0. The van der Waals surface area contributed by atoms with Crippen LogP contribution in [0.5, 0.6) is 0 Å². The molecule has 7 heteroatoms. The first-order valence-electron chi connectivity index (χ1n) is 6.83. The molecule has 0 aromatic carbocycles. The van der Waals surface area contributed by atoms with Gasteiger partial charge in [-0.3, -0.25) is 4.79 Å². The van der Waals surface area contributed by atoms with Gasteiger partial charge in [-0.2, -0.15) is 0 Å². The van der Waals surface area contributed by atoms with E-state index in [9.17, 15) is 13.2 Å². The molecule has 1 fully saturated rings. The zero-order valence-corrected chi connectivity index (χ0v) is 12.3. The number of hydrogen-bond acceptors (Lipinski definition) is 5. The Morgan fingerprint density at radius 2 is 2.21 bits per heavy atom. The number of carbonyl (C=O) groups is 1. The fourth-order valence-electron chi connectivity index (χ4n) is 2.33. The summed E-state index contributed by atoms with van der Waals surface area (Å²) < 4.78 is 30.5. The van der Waals surface area contributed by atoms with Crippen molar-refractivity contribution >= 4 is 16.0 Å². The first kappa shape index (κ1) is 16.4. The van der Waals surface area contributed by atoms with Crippen LogP contribution in [0.4, 0.5) is 0 Å². The number of hydrogen-bond donors (Lipinski definition) is 1. The molecular weight excluding hydrogens is 268 g/mol. The van der Waals surface area contributed by atoms with Crippen LogP contribution in [-0.2, 0) is 19.6 Å². The molecule has 0 bridgehead atoms. The summed E-state index contributed by atoms with van der Waals surface area (Å²) in [4.78, 5) is 11.2. The van der Waals surface area contributed by atoms with Crippen molar-refractivity contribution < 1.29 is 17.9 Å². The Morgan fingerprint density at radius 3 is 2.84 bits per heavy atom. The molecule has 1 rings (SSSR count). The van der Waals surface area contributed by atoms with Crippen LogP contribution in [0.15, 0.2) is 0 Å². The van der Waals surface area contributed by atoms with E-state index in [1.807, 2.05) is 0 Å². The Morgan fingerprint density at radius 1 is 1.47 bits per heavy atom. The number of ether oxygens (including phenoxy) is 1. The summed E-state index contributed by atoms with van der Waals surface area (Å²) in [5.74, 6) is -0.279. The maximum Gasteiger partial charge on any atom is 0.306 e. The van der Waals surface area contributed by atoms with Crippen molar-refractivity contribution in [2.45, 2.75) is 32.6 Å². The Hall–Kier alpha value is -0.660. The van der Waals surface area contributed by atoms with E-state index in [0.29, 0.717) is 25.6 Å². The summed E-state index contributed by atoms with van der Waals surface area (Å²) in [7, 11) is -3.36. The highest BCUT2D eigenvalue weighted by Gasteiger charge is 2.28. The predicted molar refractivity (Wildman–Crippen MR) is 73.0 cm³/mol. The maximum atomic E-state index is 12.1. The molecule has 1 heterocycles. The second kappa shape index (κ2) is 7.81. The van der Waals surface area contributed by atoms with E-state index in [1.54, 1.807) is 6.92 Å². The lowest BCUT2D eigenvalue weighted by atomic mass is 9.96. The normalized spacial score (nSPS) is 21.3. The van der Waals surface area contributed by atoms with E-state index < -0.39 is 16.0 Å². The second-order valence-electron chi connectivity index (χ2n) is 4.81. The molecule has 0 aromatic rings. The Labute approximate surface area is 115 Å². The lowest BCUT2D eigenvalue weighted by Crippen LogP contribution is -2.41. The summed E-state index contributed by atoms with van der Waals surface area (Å²) in [5.41, 5.74) is 5.52. The van der Waals surface area contributed by atoms with E-state index in [0.717, 1.165) is 19.3 Å². The highest BCUT2D eigenvalue weighted by atomic mass is 32.2. The molecule has 1 aliphatic rings. The first-order chi connectivity index (χ1) is 8.99. The third-order valence-electron chi connectivity index (χ3n) is 3.32. The number of nitrogens with zero attached hydrogens (tertiary/aromatic N) is 1. The minimum Gasteiger partial charge on any atom is -0.466 e. The van der Waals surface area contributed by atoms with Crippen molar-refractivity contribution in [1.29, 1.82) is 0 Å². The van der Waals surface area contributed by atoms with Crippen LogP contribution in [0.1, 0.15) is 32.6 Å². The summed E-state index contributed by atoms with van der Waals surface area (Å²) in [6, 6.07) is 0. The van der Waals surface area contributed by atoms with Crippen molar-refractivity contribution in [3.05, 3.63) is 0 Å². The van der Waals surface area contributed by atoms with Crippen LogP contribution < -0.4 is 5.73 Å². The monoisotopic (exact) mass is 292 g/mol. The number of carbonyl (C=O) groups excluding carboxylic acids is 1. The minimum atomic E-state index is -3.36. The van der Waals surface area contributed by atoms with Gasteiger partial charge in [-0.1, -0.05) is 0 Å². The SMILES string of the molecule is CCOC(=O)CCS(=O)(=O)N1CCCC(CCN)C1. The van der Waals surface area contributed by atoms with Gasteiger partial charge >= 0.3 is 5.97 Å². The smallest absolute Gasteiger partial charge is 0.306 e. The van der Waals surface area contributed by atoms with Gasteiger partial charge in [0.15, 0.2) is 0 Å². The highest BCUT2D eigenvalue weighted by molar-refractivity contribution is 7.89. The lowest BCUT2D eigenvalue weighted by Gasteiger charge is -2.31. The van der Waals surface area contributed by atoms with E-state index >= 15 is 0 Å². The second-order valence-corrected chi connectivity index (χ2v) is 6.90. The molecule has 0 radical (unpaired) electrons. The third kappa shape index (κ3) is 5.46. The largest absolute Gasteiger partial charge is 0.466 e. The van der Waals surface area contributed by atoms with Gasteiger partial charge in [0.1, 0.15) is 0 Å². The Bertz CT molecular complexity index is 381. The van der Waals surface area contributed by atoms with Gasteiger partial charge in [-0.25, -0.2) is 12.7 Å². The van der Waals surface area contributed by atoms with Gasteiger partial charge in [0.25, 0.3) is 0 Å². The summed E-state index contributed by atoms with van der Waals surface area (Å²) in [6.07, 6.45) is 2.67. The standard InChI is InChI=1S/C12H24N2O4S/c1-2-18-12(15)6-9-19(16,17)14-8-3-4-11(10-14)5-7-13/h11H,2-10,13H2,1H3. The van der Waals surface area contributed by atoms with Crippen molar-refractivity contribution in [2.75, 3.05) is 32.0 Å². The minimum absolute atomic E-state index is 0.0752. The molecule has 112 valence electrons. The molecule has 1 unspecified atom stereocenters. The molecule has 19 heavy (non-hydrogen) atoms. The molecule has 0 spiro atoms. The van der Waals surface area contributed by atoms with Crippen LogP contribution >= 0.6 is 0 Å². The molecule has 2 N–H and O–H groups in total. The zero-order valence-electron chi connectivity index (χ0n) is 11.5. The van der Waals surface area contributed by atoms with Gasteiger partial charge in [0, 0.05) is 13.1 Å². The predicted octanol–water partition coefficient (Wildman–Crippen LogP) is 0.330. The molecule has 6 nitrogen and oxygen atoms in total. The topological polar surface area (TPSA) is 89.7 Å². The van der Waals surface area contributed by atoms with Crippen LogP contribution in [-0.4, -0.2) is 50.7 Å². The number of rotatable bonds is 7. The van der Waals surface area contributed by atoms with Crippen LogP contribution in [0.2, 0.25) is 0 Å². The zero-order chi connectivity index (χ0) is 14.3. The van der Waals surface area contributed by atoms with E-state index in [1.165, 1.54) is 4.31 Å². The average Bonchev–Trinajstić information content (AvgIpc) is 2.38. The molecular formula is C12H24N2O4S.